The fourth-order valence-corrected chi connectivity index (χ4v) is 2.08. The second-order valence-corrected chi connectivity index (χ2v) is 5.82. The van der Waals surface area contributed by atoms with E-state index in [1.807, 2.05) is 24.3 Å². The topological polar surface area (TPSA) is 56.8 Å². The van der Waals surface area contributed by atoms with Crippen LogP contribution in [0, 0.1) is 0 Å². The van der Waals surface area contributed by atoms with Gasteiger partial charge in [0.05, 0.1) is 13.2 Å². The maximum absolute atomic E-state index is 11.8. The Kier molecular flexibility index (Phi) is 8.66. The first-order chi connectivity index (χ1) is 11.0. The van der Waals surface area contributed by atoms with Crippen LogP contribution >= 0.6 is 0 Å². The molecule has 1 aromatic carbocycles. The van der Waals surface area contributed by atoms with Crippen LogP contribution in [0.25, 0.3) is 0 Å². The Hall–Kier alpha value is -1.59. The van der Waals surface area contributed by atoms with Crippen LogP contribution in [0.5, 0.6) is 5.75 Å². The SMILES string of the molecule is CCOC(=O)C(C)(C)Oc1ccc(CCCNCCOC)cc1. The van der Waals surface area contributed by atoms with Crippen LogP contribution in [-0.2, 0) is 20.7 Å². The van der Waals surface area contributed by atoms with E-state index < -0.39 is 5.60 Å². The molecule has 0 saturated carbocycles. The molecule has 1 rings (SSSR count). The van der Waals surface area contributed by atoms with E-state index in [1.165, 1.54) is 5.56 Å². The Morgan fingerprint density at radius 1 is 1.17 bits per heavy atom. The number of benzene rings is 1. The van der Waals surface area contributed by atoms with Gasteiger partial charge in [-0.25, -0.2) is 4.79 Å². The van der Waals surface area contributed by atoms with Crippen molar-refractivity contribution in [3.63, 3.8) is 0 Å². The average molecular weight is 323 g/mol. The lowest BCUT2D eigenvalue weighted by atomic mass is 10.1. The molecule has 0 spiro atoms. The third kappa shape index (κ3) is 7.48. The second kappa shape index (κ2) is 10.2. The van der Waals surface area contributed by atoms with Crippen molar-refractivity contribution in [3.05, 3.63) is 29.8 Å². The molecule has 0 fully saturated rings. The predicted octanol–water partition coefficient (Wildman–Crippen LogP) is 2.58. The normalized spacial score (nSPS) is 11.3. The summed E-state index contributed by atoms with van der Waals surface area (Å²) in [5.41, 5.74) is 0.267. The number of carbonyl (C=O) groups excluding carboxylic acids is 1. The number of ether oxygens (including phenoxy) is 3. The van der Waals surface area contributed by atoms with Crippen molar-refractivity contribution in [1.82, 2.24) is 5.32 Å². The molecule has 0 bridgehead atoms. The van der Waals surface area contributed by atoms with Gasteiger partial charge in [-0.15, -0.1) is 0 Å². The molecule has 1 N–H and O–H groups in total. The van der Waals surface area contributed by atoms with Crippen LogP contribution in [0.15, 0.2) is 24.3 Å². The van der Waals surface area contributed by atoms with E-state index in [0.717, 1.165) is 32.5 Å². The zero-order valence-electron chi connectivity index (χ0n) is 14.7. The summed E-state index contributed by atoms with van der Waals surface area (Å²) in [7, 11) is 1.70. The number of methoxy groups -OCH3 is 1. The molecule has 1 aromatic rings. The van der Waals surface area contributed by atoms with Crippen molar-refractivity contribution < 1.29 is 19.0 Å². The average Bonchev–Trinajstić information content (AvgIpc) is 2.52. The minimum atomic E-state index is -0.983. The maximum atomic E-state index is 11.8. The fourth-order valence-electron chi connectivity index (χ4n) is 2.08. The Balaban J connectivity index is 2.39. The zero-order chi connectivity index (χ0) is 17.1. The summed E-state index contributed by atoms with van der Waals surface area (Å²) in [5, 5.41) is 3.32. The Labute approximate surface area is 139 Å². The van der Waals surface area contributed by atoms with Crippen molar-refractivity contribution in [2.24, 2.45) is 0 Å². The van der Waals surface area contributed by atoms with Gasteiger partial charge in [0.1, 0.15) is 5.75 Å². The van der Waals surface area contributed by atoms with Crippen LogP contribution in [0.3, 0.4) is 0 Å². The lowest BCUT2D eigenvalue weighted by molar-refractivity contribution is -0.158. The fraction of sp³-hybridized carbons (Fsp3) is 0.611. The van der Waals surface area contributed by atoms with E-state index in [-0.39, 0.29) is 5.97 Å². The summed E-state index contributed by atoms with van der Waals surface area (Å²) in [6, 6.07) is 7.86. The van der Waals surface area contributed by atoms with Crippen molar-refractivity contribution in [2.45, 2.75) is 39.2 Å². The van der Waals surface area contributed by atoms with Gasteiger partial charge in [-0.3, -0.25) is 0 Å². The predicted molar refractivity (Wildman–Crippen MR) is 90.8 cm³/mol. The highest BCUT2D eigenvalue weighted by Gasteiger charge is 2.31. The van der Waals surface area contributed by atoms with Gasteiger partial charge < -0.3 is 19.5 Å². The van der Waals surface area contributed by atoms with E-state index in [0.29, 0.717) is 12.4 Å². The highest BCUT2D eigenvalue weighted by Crippen LogP contribution is 2.20. The summed E-state index contributed by atoms with van der Waals surface area (Å²) < 4.78 is 15.7. The van der Waals surface area contributed by atoms with E-state index in [9.17, 15) is 4.79 Å². The Morgan fingerprint density at radius 3 is 2.48 bits per heavy atom. The summed E-state index contributed by atoms with van der Waals surface area (Å²) in [4.78, 5) is 11.8. The second-order valence-electron chi connectivity index (χ2n) is 5.82. The van der Waals surface area contributed by atoms with E-state index >= 15 is 0 Å². The van der Waals surface area contributed by atoms with E-state index in [1.54, 1.807) is 27.9 Å². The first-order valence-electron chi connectivity index (χ1n) is 8.14. The number of carbonyl (C=O) groups is 1. The Bertz CT molecular complexity index is 457. The quantitative estimate of drug-likeness (QED) is 0.501. The number of rotatable bonds is 11. The molecular weight excluding hydrogens is 294 g/mol. The van der Waals surface area contributed by atoms with Gasteiger partial charge in [-0.2, -0.15) is 0 Å². The zero-order valence-corrected chi connectivity index (χ0v) is 14.7. The molecule has 0 aliphatic rings. The first-order valence-corrected chi connectivity index (χ1v) is 8.14. The monoisotopic (exact) mass is 323 g/mol. The molecule has 0 aromatic heterocycles. The van der Waals surface area contributed by atoms with Gasteiger partial charge in [0.2, 0.25) is 0 Å². The van der Waals surface area contributed by atoms with Crippen molar-refractivity contribution >= 4 is 5.97 Å². The van der Waals surface area contributed by atoms with Gasteiger partial charge in [-0.05, 0) is 57.9 Å². The van der Waals surface area contributed by atoms with E-state index in [4.69, 9.17) is 14.2 Å². The van der Waals surface area contributed by atoms with Gasteiger partial charge in [0.15, 0.2) is 5.60 Å². The lowest BCUT2D eigenvalue weighted by Gasteiger charge is -2.24. The van der Waals surface area contributed by atoms with Gasteiger partial charge in [0, 0.05) is 13.7 Å². The molecule has 23 heavy (non-hydrogen) atoms. The molecular formula is C18H29NO4. The molecule has 0 aliphatic heterocycles. The molecule has 5 nitrogen and oxygen atoms in total. The minimum Gasteiger partial charge on any atom is -0.476 e. The molecule has 0 aliphatic carbocycles. The van der Waals surface area contributed by atoms with Gasteiger partial charge >= 0.3 is 5.97 Å². The number of nitrogens with one attached hydrogen (secondary N) is 1. The van der Waals surface area contributed by atoms with Gasteiger partial charge in [-0.1, -0.05) is 12.1 Å². The molecule has 0 amide bonds. The van der Waals surface area contributed by atoms with Crippen LogP contribution in [0.1, 0.15) is 32.8 Å². The van der Waals surface area contributed by atoms with Crippen molar-refractivity contribution in [1.29, 1.82) is 0 Å². The van der Waals surface area contributed by atoms with Crippen LogP contribution in [-0.4, -0.2) is 45.0 Å². The summed E-state index contributed by atoms with van der Waals surface area (Å²) in [6.45, 7) is 8.15. The minimum absolute atomic E-state index is 0.350. The third-order valence-electron chi connectivity index (χ3n) is 3.37. The number of hydrogen-bond donors (Lipinski definition) is 1. The molecule has 0 saturated heterocycles. The largest absolute Gasteiger partial charge is 0.476 e. The molecule has 0 atom stereocenters. The highest BCUT2D eigenvalue weighted by atomic mass is 16.6. The summed E-state index contributed by atoms with van der Waals surface area (Å²) in [5.74, 6) is 0.316. The van der Waals surface area contributed by atoms with Crippen LogP contribution in [0.2, 0.25) is 0 Å². The smallest absolute Gasteiger partial charge is 0.349 e. The number of esters is 1. The van der Waals surface area contributed by atoms with Crippen molar-refractivity contribution in [2.75, 3.05) is 33.4 Å². The number of hydrogen-bond acceptors (Lipinski definition) is 5. The number of aryl methyl sites for hydroxylation is 1. The first kappa shape index (κ1) is 19.5. The molecule has 0 radical (unpaired) electrons. The van der Waals surface area contributed by atoms with Crippen molar-refractivity contribution in [3.8, 4) is 5.75 Å². The molecule has 0 unspecified atom stereocenters. The molecule has 0 heterocycles. The lowest BCUT2D eigenvalue weighted by Crippen LogP contribution is -2.39. The standard InChI is InChI=1S/C18H29NO4/c1-5-22-17(20)18(2,3)23-16-10-8-15(9-11-16)7-6-12-19-13-14-21-4/h8-11,19H,5-7,12-14H2,1-4H3. The summed E-state index contributed by atoms with van der Waals surface area (Å²) in [6.07, 6.45) is 2.07. The highest BCUT2D eigenvalue weighted by molar-refractivity contribution is 5.79. The molecule has 5 heteroatoms. The Morgan fingerprint density at radius 2 is 1.87 bits per heavy atom. The maximum Gasteiger partial charge on any atom is 0.349 e. The van der Waals surface area contributed by atoms with Crippen LogP contribution < -0.4 is 10.1 Å². The third-order valence-corrected chi connectivity index (χ3v) is 3.37. The summed E-state index contributed by atoms with van der Waals surface area (Å²) >= 11 is 0. The molecule has 130 valence electrons. The van der Waals surface area contributed by atoms with Gasteiger partial charge in [0.25, 0.3) is 0 Å². The van der Waals surface area contributed by atoms with Crippen LogP contribution in [0.4, 0.5) is 0 Å². The van der Waals surface area contributed by atoms with E-state index in [2.05, 4.69) is 5.32 Å².